The van der Waals surface area contributed by atoms with Crippen LogP contribution in [-0.4, -0.2) is 35.5 Å². The molecule has 1 saturated carbocycles. The van der Waals surface area contributed by atoms with E-state index in [0.29, 0.717) is 25.9 Å². The van der Waals surface area contributed by atoms with Crippen molar-refractivity contribution in [2.75, 3.05) is 13.7 Å². The highest BCUT2D eigenvalue weighted by molar-refractivity contribution is 5.85. The summed E-state index contributed by atoms with van der Waals surface area (Å²) in [6, 6.07) is 7.49. The van der Waals surface area contributed by atoms with Crippen LogP contribution in [0.2, 0.25) is 0 Å². The number of carboxylic acids is 1. The van der Waals surface area contributed by atoms with Gasteiger partial charge in [-0.2, -0.15) is 0 Å². The number of benzene rings is 1. The van der Waals surface area contributed by atoms with Crippen LogP contribution in [0.4, 0.5) is 0 Å². The van der Waals surface area contributed by atoms with Crippen molar-refractivity contribution in [3.8, 4) is 5.75 Å². The maximum atomic E-state index is 12.6. The minimum absolute atomic E-state index is 0.0618. The van der Waals surface area contributed by atoms with E-state index in [9.17, 15) is 14.7 Å². The van der Waals surface area contributed by atoms with Gasteiger partial charge in [-0.3, -0.25) is 9.59 Å². The molecule has 1 fully saturated rings. The monoisotopic (exact) mass is 317 g/mol. The number of methoxy groups -OCH3 is 1. The molecule has 1 aliphatic rings. The van der Waals surface area contributed by atoms with Crippen LogP contribution in [0.1, 0.15) is 31.2 Å². The number of aliphatic carboxylic acids is 1. The normalized spacial score (nSPS) is 15.3. The second-order valence-corrected chi connectivity index (χ2v) is 6.03. The number of hydrogen-bond donors (Lipinski definition) is 1. The van der Waals surface area contributed by atoms with E-state index in [2.05, 4.69) is 6.58 Å². The molecule has 5 heteroatoms. The molecule has 0 bridgehead atoms. The lowest BCUT2D eigenvalue weighted by Gasteiger charge is -2.38. The molecule has 1 N–H and O–H groups in total. The summed E-state index contributed by atoms with van der Waals surface area (Å²) in [5, 5.41) is 9.39. The minimum Gasteiger partial charge on any atom is -0.497 e. The van der Waals surface area contributed by atoms with Gasteiger partial charge < -0.3 is 14.7 Å². The van der Waals surface area contributed by atoms with Crippen LogP contribution >= 0.6 is 0 Å². The largest absolute Gasteiger partial charge is 0.497 e. The van der Waals surface area contributed by atoms with Crippen LogP contribution in [0.3, 0.4) is 0 Å². The Morgan fingerprint density at radius 2 is 2.00 bits per heavy atom. The number of amides is 1. The molecule has 1 aromatic carbocycles. The van der Waals surface area contributed by atoms with Crippen molar-refractivity contribution >= 4 is 11.9 Å². The first-order chi connectivity index (χ1) is 11.0. The Bertz CT molecular complexity index is 575. The zero-order valence-electron chi connectivity index (χ0n) is 13.5. The molecular formula is C18H23NO4. The molecule has 124 valence electrons. The van der Waals surface area contributed by atoms with Gasteiger partial charge in [0.15, 0.2) is 0 Å². The van der Waals surface area contributed by atoms with Crippen LogP contribution in [0.25, 0.3) is 0 Å². The number of rotatable bonds is 8. The Labute approximate surface area is 136 Å². The van der Waals surface area contributed by atoms with Crippen molar-refractivity contribution in [2.24, 2.45) is 5.41 Å². The summed E-state index contributed by atoms with van der Waals surface area (Å²) in [4.78, 5) is 25.7. The number of carboxylic acid groups (broad SMARTS) is 1. The van der Waals surface area contributed by atoms with Crippen molar-refractivity contribution in [3.05, 3.63) is 42.5 Å². The Morgan fingerprint density at radius 3 is 2.43 bits per heavy atom. The Kier molecular flexibility index (Phi) is 5.42. The molecule has 0 spiro atoms. The van der Waals surface area contributed by atoms with Gasteiger partial charge >= 0.3 is 5.97 Å². The van der Waals surface area contributed by atoms with Gasteiger partial charge in [0, 0.05) is 19.5 Å². The summed E-state index contributed by atoms with van der Waals surface area (Å²) in [7, 11) is 1.60. The SMILES string of the molecule is C=CCN(Cc1ccc(OC)cc1)C(=O)CC1(C(=O)O)CCC1. The summed E-state index contributed by atoms with van der Waals surface area (Å²) >= 11 is 0. The predicted molar refractivity (Wildman–Crippen MR) is 87.1 cm³/mol. The zero-order valence-corrected chi connectivity index (χ0v) is 13.5. The minimum atomic E-state index is -0.865. The second kappa shape index (κ2) is 7.31. The number of nitrogens with zero attached hydrogens (tertiary/aromatic N) is 1. The smallest absolute Gasteiger partial charge is 0.310 e. The molecule has 0 heterocycles. The summed E-state index contributed by atoms with van der Waals surface area (Å²) in [6.45, 7) is 4.53. The summed E-state index contributed by atoms with van der Waals surface area (Å²) < 4.78 is 5.12. The van der Waals surface area contributed by atoms with E-state index in [-0.39, 0.29) is 12.3 Å². The molecule has 0 unspecified atom stereocenters. The van der Waals surface area contributed by atoms with E-state index in [1.165, 1.54) is 0 Å². The molecule has 0 radical (unpaired) electrons. The average Bonchev–Trinajstić information content (AvgIpc) is 2.50. The molecule has 0 aliphatic heterocycles. The molecule has 2 rings (SSSR count). The fourth-order valence-corrected chi connectivity index (χ4v) is 2.83. The highest BCUT2D eigenvalue weighted by atomic mass is 16.5. The summed E-state index contributed by atoms with van der Waals surface area (Å²) in [6.07, 6.45) is 3.76. The van der Waals surface area contributed by atoms with E-state index < -0.39 is 11.4 Å². The van der Waals surface area contributed by atoms with Gasteiger partial charge in [-0.1, -0.05) is 24.6 Å². The van der Waals surface area contributed by atoms with Crippen molar-refractivity contribution in [1.29, 1.82) is 0 Å². The van der Waals surface area contributed by atoms with Crippen molar-refractivity contribution in [2.45, 2.75) is 32.2 Å². The van der Waals surface area contributed by atoms with Gasteiger partial charge in [0.1, 0.15) is 5.75 Å². The fourth-order valence-electron chi connectivity index (χ4n) is 2.83. The summed E-state index contributed by atoms with van der Waals surface area (Å²) in [5.41, 5.74) is 0.107. The third-order valence-electron chi connectivity index (χ3n) is 4.49. The number of hydrogen-bond acceptors (Lipinski definition) is 3. The lowest BCUT2D eigenvalue weighted by molar-refractivity contribution is -0.159. The van der Waals surface area contributed by atoms with Crippen molar-refractivity contribution < 1.29 is 19.4 Å². The third-order valence-corrected chi connectivity index (χ3v) is 4.49. The molecule has 1 amide bonds. The standard InChI is InChI=1S/C18H23NO4/c1-3-11-19(13-14-5-7-15(23-2)8-6-14)16(20)12-18(17(21)22)9-4-10-18/h3,5-8H,1,4,9-13H2,2H3,(H,21,22). The van der Waals surface area contributed by atoms with Gasteiger partial charge in [0.25, 0.3) is 0 Å². The van der Waals surface area contributed by atoms with E-state index in [1.807, 2.05) is 24.3 Å². The Balaban J connectivity index is 2.05. The van der Waals surface area contributed by atoms with Crippen molar-refractivity contribution in [1.82, 2.24) is 4.90 Å². The Hall–Kier alpha value is -2.30. The lowest BCUT2D eigenvalue weighted by Crippen LogP contribution is -2.43. The number of ether oxygens (including phenoxy) is 1. The number of carbonyl (C=O) groups excluding carboxylic acids is 1. The first kappa shape index (κ1) is 17.1. The molecule has 0 saturated heterocycles. The molecule has 1 aromatic rings. The quantitative estimate of drug-likeness (QED) is 0.749. The van der Waals surface area contributed by atoms with Crippen LogP contribution in [0.5, 0.6) is 5.75 Å². The van der Waals surface area contributed by atoms with Gasteiger partial charge in [0.2, 0.25) is 5.91 Å². The maximum Gasteiger partial charge on any atom is 0.310 e. The van der Waals surface area contributed by atoms with Crippen LogP contribution in [0, 0.1) is 5.41 Å². The summed E-state index contributed by atoms with van der Waals surface area (Å²) in [5.74, 6) is -0.238. The van der Waals surface area contributed by atoms with Gasteiger partial charge in [0.05, 0.1) is 12.5 Å². The third kappa shape index (κ3) is 3.92. The molecule has 0 aromatic heterocycles. The molecule has 0 atom stereocenters. The highest BCUT2D eigenvalue weighted by Crippen LogP contribution is 2.44. The van der Waals surface area contributed by atoms with E-state index in [0.717, 1.165) is 17.7 Å². The molecular weight excluding hydrogens is 294 g/mol. The Morgan fingerprint density at radius 1 is 1.35 bits per heavy atom. The average molecular weight is 317 g/mol. The molecule has 23 heavy (non-hydrogen) atoms. The van der Waals surface area contributed by atoms with Gasteiger partial charge in [-0.05, 0) is 30.5 Å². The van der Waals surface area contributed by atoms with E-state index in [1.54, 1.807) is 18.1 Å². The van der Waals surface area contributed by atoms with Gasteiger partial charge in [-0.15, -0.1) is 6.58 Å². The van der Waals surface area contributed by atoms with E-state index >= 15 is 0 Å². The first-order valence-corrected chi connectivity index (χ1v) is 7.76. The fraction of sp³-hybridized carbons (Fsp3) is 0.444. The van der Waals surface area contributed by atoms with Gasteiger partial charge in [-0.25, -0.2) is 0 Å². The predicted octanol–water partition coefficient (Wildman–Crippen LogP) is 2.85. The van der Waals surface area contributed by atoms with Crippen LogP contribution in [0.15, 0.2) is 36.9 Å². The van der Waals surface area contributed by atoms with Crippen molar-refractivity contribution in [3.63, 3.8) is 0 Å². The van der Waals surface area contributed by atoms with E-state index in [4.69, 9.17) is 4.74 Å². The topological polar surface area (TPSA) is 66.8 Å². The molecule has 5 nitrogen and oxygen atoms in total. The molecule has 1 aliphatic carbocycles. The zero-order chi connectivity index (χ0) is 16.9. The second-order valence-electron chi connectivity index (χ2n) is 6.03. The van der Waals surface area contributed by atoms with Crippen LogP contribution < -0.4 is 4.74 Å². The maximum absolute atomic E-state index is 12.6. The van der Waals surface area contributed by atoms with Crippen LogP contribution in [-0.2, 0) is 16.1 Å². The highest BCUT2D eigenvalue weighted by Gasteiger charge is 2.46. The number of carbonyl (C=O) groups is 2. The first-order valence-electron chi connectivity index (χ1n) is 7.76. The lowest BCUT2D eigenvalue weighted by atomic mass is 9.66.